The molecule has 0 radical (unpaired) electrons. The average Bonchev–Trinajstić information content (AvgIpc) is 3.08. The highest BCUT2D eigenvalue weighted by Crippen LogP contribution is 2.34. The Bertz CT molecular complexity index is 821. The van der Waals surface area contributed by atoms with Crippen LogP contribution in [0.3, 0.4) is 0 Å². The molecule has 0 amide bonds. The molecular weight excluding hydrogens is 348 g/mol. The molecule has 0 bridgehead atoms. The second kappa shape index (κ2) is 8.04. The summed E-state index contributed by atoms with van der Waals surface area (Å²) in [7, 11) is 1.56. The SMILES string of the molecule is CC[C@H]1CCc2sc(C(=O)OCc3cc(C(C)=O)ccc3OC)cc2C1. The number of rotatable bonds is 6. The molecule has 1 heterocycles. The van der Waals surface area contributed by atoms with E-state index in [-0.39, 0.29) is 18.4 Å². The van der Waals surface area contributed by atoms with Crippen LogP contribution in [0.2, 0.25) is 0 Å². The van der Waals surface area contributed by atoms with E-state index in [0.717, 1.165) is 18.8 Å². The van der Waals surface area contributed by atoms with Crippen molar-refractivity contribution >= 4 is 23.1 Å². The number of Topliss-reactive ketones (excluding diaryl/α,β-unsaturated/α-hetero) is 1. The van der Waals surface area contributed by atoms with Gasteiger partial charge in [0.1, 0.15) is 17.2 Å². The summed E-state index contributed by atoms with van der Waals surface area (Å²) in [6, 6.07) is 7.16. The number of ketones is 1. The molecule has 3 rings (SSSR count). The normalized spacial score (nSPS) is 16.0. The molecule has 0 unspecified atom stereocenters. The van der Waals surface area contributed by atoms with Gasteiger partial charge in [-0.1, -0.05) is 13.3 Å². The molecule has 5 heteroatoms. The van der Waals surface area contributed by atoms with Gasteiger partial charge in [0.25, 0.3) is 0 Å². The number of benzene rings is 1. The van der Waals surface area contributed by atoms with Gasteiger partial charge in [-0.05, 0) is 61.9 Å². The van der Waals surface area contributed by atoms with E-state index in [2.05, 4.69) is 6.92 Å². The van der Waals surface area contributed by atoms with Gasteiger partial charge in [-0.3, -0.25) is 4.79 Å². The molecule has 1 aliphatic rings. The maximum Gasteiger partial charge on any atom is 0.348 e. The van der Waals surface area contributed by atoms with Crippen LogP contribution in [-0.4, -0.2) is 18.9 Å². The number of hydrogen-bond acceptors (Lipinski definition) is 5. The third kappa shape index (κ3) is 3.98. The highest BCUT2D eigenvalue weighted by molar-refractivity contribution is 7.14. The topological polar surface area (TPSA) is 52.6 Å². The Morgan fingerprint density at radius 3 is 2.77 bits per heavy atom. The van der Waals surface area contributed by atoms with Crippen molar-refractivity contribution in [3.05, 3.63) is 50.7 Å². The van der Waals surface area contributed by atoms with Gasteiger partial charge < -0.3 is 9.47 Å². The molecule has 1 aliphatic carbocycles. The fraction of sp³-hybridized carbons (Fsp3) is 0.429. The van der Waals surface area contributed by atoms with Gasteiger partial charge in [-0.2, -0.15) is 0 Å². The number of carbonyl (C=O) groups excluding carboxylic acids is 2. The summed E-state index contributed by atoms with van der Waals surface area (Å²) < 4.78 is 10.8. The Labute approximate surface area is 158 Å². The molecule has 1 aromatic heterocycles. The number of ether oxygens (including phenoxy) is 2. The van der Waals surface area contributed by atoms with Crippen LogP contribution in [-0.2, 0) is 24.2 Å². The predicted octanol–water partition coefficient (Wildman–Crippen LogP) is 4.83. The van der Waals surface area contributed by atoms with Crippen LogP contribution in [0.4, 0.5) is 0 Å². The second-order valence-corrected chi connectivity index (χ2v) is 7.87. The van der Waals surface area contributed by atoms with Crippen LogP contribution < -0.4 is 4.74 Å². The van der Waals surface area contributed by atoms with Crippen LogP contribution in [0.15, 0.2) is 24.3 Å². The van der Waals surface area contributed by atoms with Gasteiger partial charge in [0.05, 0.1) is 7.11 Å². The van der Waals surface area contributed by atoms with Crippen LogP contribution in [0.25, 0.3) is 0 Å². The summed E-state index contributed by atoms with van der Waals surface area (Å²) in [4.78, 5) is 26.0. The summed E-state index contributed by atoms with van der Waals surface area (Å²) in [5, 5.41) is 0. The number of aryl methyl sites for hydroxylation is 1. The first-order valence-corrected chi connectivity index (χ1v) is 9.80. The van der Waals surface area contributed by atoms with Crippen LogP contribution in [0.5, 0.6) is 5.75 Å². The second-order valence-electron chi connectivity index (χ2n) is 6.74. The van der Waals surface area contributed by atoms with E-state index in [1.165, 1.54) is 30.2 Å². The lowest BCUT2D eigenvalue weighted by atomic mass is 9.87. The molecule has 1 atom stereocenters. The number of carbonyl (C=O) groups is 2. The summed E-state index contributed by atoms with van der Waals surface area (Å²) in [5.41, 5.74) is 2.58. The van der Waals surface area contributed by atoms with Crippen molar-refractivity contribution in [2.45, 2.75) is 46.1 Å². The summed E-state index contributed by atoms with van der Waals surface area (Å²) >= 11 is 1.55. The maximum absolute atomic E-state index is 12.5. The van der Waals surface area contributed by atoms with Gasteiger partial charge >= 0.3 is 5.97 Å². The Balaban J connectivity index is 1.71. The third-order valence-electron chi connectivity index (χ3n) is 5.01. The van der Waals surface area contributed by atoms with Gasteiger partial charge in [-0.15, -0.1) is 11.3 Å². The largest absolute Gasteiger partial charge is 0.496 e. The molecule has 0 N–H and O–H groups in total. The van der Waals surface area contributed by atoms with Crippen LogP contribution in [0.1, 0.15) is 62.7 Å². The van der Waals surface area contributed by atoms with Crippen molar-refractivity contribution in [3.8, 4) is 5.75 Å². The van der Waals surface area contributed by atoms with E-state index in [1.807, 2.05) is 6.07 Å². The quantitative estimate of drug-likeness (QED) is 0.538. The first-order valence-electron chi connectivity index (χ1n) is 8.98. The molecule has 0 saturated carbocycles. The van der Waals surface area contributed by atoms with E-state index < -0.39 is 0 Å². The highest BCUT2D eigenvalue weighted by atomic mass is 32.1. The lowest BCUT2D eigenvalue weighted by molar-refractivity contribution is 0.0476. The Kier molecular flexibility index (Phi) is 5.77. The first kappa shape index (κ1) is 18.6. The third-order valence-corrected chi connectivity index (χ3v) is 6.23. The summed E-state index contributed by atoms with van der Waals surface area (Å²) in [6.45, 7) is 3.82. The maximum atomic E-state index is 12.5. The lowest BCUT2D eigenvalue weighted by Crippen LogP contribution is -2.10. The summed E-state index contributed by atoms with van der Waals surface area (Å²) in [6.07, 6.45) is 4.50. The van der Waals surface area contributed by atoms with Gasteiger partial charge in [0.2, 0.25) is 0 Å². The number of fused-ring (bicyclic) bond motifs is 1. The fourth-order valence-corrected chi connectivity index (χ4v) is 4.48. The molecular formula is C21H24O4S. The molecule has 1 aromatic carbocycles. The minimum atomic E-state index is -0.312. The fourth-order valence-electron chi connectivity index (χ4n) is 3.37. The average molecular weight is 372 g/mol. The first-order chi connectivity index (χ1) is 12.5. The zero-order valence-corrected chi connectivity index (χ0v) is 16.3. The van der Waals surface area contributed by atoms with Crippen LogP contribution in [0, 0.1) is 5.92 Å². The predicted molar refractivity (Wildman–Crippen MR) is 102 cm³/mol. The standard InChI is InChI=1S/C21H24O4S/c1-4-14-5-8-19-16(9-14)11-20(26-19)21(23)25-12-17-10-15(13(2)22)6-7-18(17)24-3/h6-7,10-11,14H,4-5,8-9,12H2,1-3H3/t14-/m0/s1. The van der Waals surface area contributed by atoms with E-state index in [0.29, 0.717) is 21.8 Å². The molecule has 138 valence electrons. The van der Waals surface area contributed by atoms with E-state index >= 15 is 0 Å². The number of hydrogen-bond donors (Lipinski definition) is 0. The minimum absolute atomic E-state index is 0.0309. The van der Waals surface area contributed by atoms with Crippen molar-refractivity contribution in [2.24, 2.45) is 5.92 Å². The zero-order chi connectivity index (χ0) is 18.7. The number of esters is 1. The Hall–Kier alpha value is -2.14. The van der Waals surface area contributed by atoms with Crippen molar-refractivity contribution in [3.63, 3.8) is 0 Å². The molecule has 0 fully saturated rings. The molecule has 26 heavy (non-hydrogen) atoms. The van der Waals surface area contributed by atoms with Crippen molar-refractivity contribution in [1.29, 1.82) is 0 Å². The van der Waals surface area contributed by atoms with E-state index in [1.54, 1.807) is 36.6 Å². The van der Waals surface area contributed by atoms with Crippen molar-refractivity contribution in [2.75, 3.05) is 7.11 Å². The molecule has 0 spiro atoms. The molecule has 4 nitrogen and oxygen atoms in total. The smallest absolute Gasteiger partial charge is 0.348 e. The minimum Gasteiger partial charge on any atom is -0.496 e. The zero-order valence-electron chi connectivity index (χ0n) is 15.5. The number of thiophene rings is 1. The van der Waals surface area contributed by atoms with Gasteiger partial charge in [-0.25, -0.2) is 4.79 Å². The number of methoxy groups -OCH3 is 1. The highest BCUT2D eigenvalue weighted by Gasteiger charge is 2.23. The van der Waals surface area contributed by atoms with Crippen molar-refractivity contribution < 1.29 is 19.1 Å². The van der Waals surface area contributed by atoms with Crippen molar-refractivity contribution in [1.82, 2.24) is 0 Å². The van der Waals surface area contributed by atoms with E-state index in [4.69, 9.17) is 9.47 Å². The van der Waals surface area contributed by atoms with E-state index in [9.17, 15) is 9.59 Å². The monoisotopic (exact) mass is 372 g/mol. The lowest BCUT2D eigenvalue weighted by Gasteiger charge is -2.19. The molecule has 0 aliphatic heterocycles. The van der Waals surface area contributed by atoms with Crippen LogP contribution >= 0.6 is 11.3 Å². The Morgan fingerprint density at radius 1 is 1.27 bits per heavy atom. The summed E-state index contributed by atoms with van der Waals surface area (Å²) in [5.74, 6) is 0.989. The van der Waals surface area contributed by atoms with Gasteiger partial charge in [0, 0.05) is 16.0 Å². The van der Waals surface area contributed by atoms with Gasteiger partial charge in [0.15, 0.2) is 5.78 Å². The molecule has 2 aromatic rings. The Morgan fingerprint density at radius 2 is 2.08 bits per heavy atom. The molecule has 0 saturated heterocycles.